The van der Waals surface area contributed by atoms with E-state index in [0.29, 0.717) is 35.9 Å². The van der Waals surface area contributed by atoms with Gasteiger partial charge in [0.15, 0.2) is 0 Å². The second-order valence-electron chi connectivity index (χ2n) is 7.39. The fraction of sp³-hybridized carbons (Fsp3) is 0.714. The molecule has 0 saturated carbocycles. The Bertz CT molecular complexity index is 627. The third kappa shape index (κ3) is 5.42. The molecule has 1 saturated heterocycles. The third-order valence-corrected chi connectivity index (χ3v) is 5.21. The standard InChI is InChI=1S/C21H35N3O3/c1-5-11-21(26,16(3)27-6-2)14-19-18(15-25)20(23-17(4)22-19)24-12-9-7-8-10-13-24/h25-26H,3,5-15H2,1-2,4H3. The predicted octanol–water partition coefficient (Wildman–Crippen LogP) is 3.28. The van der Waals surface area contributed by atoms with Crippen molar-refractivity contribution in [3.63, 3.8) is 0 Å². The summed E-state index contributed by atoms with van der Waals surface area (Å²) in [5.74, 6) is 1.83. The topological polar surface area (TPSA) is 78.7 Å². The molecule has 2 heterocycles. The summed E-state index contributed by atoms with van der Waals surface area (Å²) in [7, 11) is 0. The van der Waals surface area contributed by atoms with Gasteiger partial charge in [-0.1, -0.05) is 32.8 Å². The lowest BCUT2D eigenvalue weighted by atomic mass is 9.89. The molecule has 1 aromatic heterocycles. The van der Waals surface area contributed by atoms with E-state index >= 15 is 0 Å². The maximum absolute atomic E-state index is 11.2. The lowest BCUT2D eigenvalue weighted by molar-refractivity contribution is 0.00539. The number of nitrogens with zero attached hydrogens (tertiary/aromatic N) is 3. The van der Waals surface area contributed by atoms with Crippen LogP contribution in [0.5, 0.6) is 0 Å². The molecule has 0 radical (unpaired) electrons. The molecule has 1 aliphatic rings. The molecular formula is C21H35N3O3. The molecule has 6 nitrogen and oxygen atoms in total. The van der Waals surface area contributed by atoms with Crippen LogP contribution in [0.25, 0.3) is 0 Å². The van der Waals surface area contributed by atoms with Crippen LogP contribution in [0, 0.1) is 6.92 Å². The van der Waals surface area contributed by atoms with E-state index in [9.17, 15) is 10.2 Å². The molecule has 1 fully saturated rings. The summed E-state index contributed by atoms with van der Waals surface area (Å²) in [6, 6.07) is 0. The van der Waals surface area contributed by atoms with E-state index in [1.165, 1.54) is 12.8 Å². The molecular weight excluding hydrogens is 342 g/mol. The van der Waals surface area contributed by atoms with E-state index in [1.807, 2.05) is 20.8 Å². The molecule has 1 unspecified atom stereocenters. The average Bonchev–Trinajstić information content (AvgIpc) is 2.91. The van der Waals surface area contributed by atoms with E-state index < -0.39 is 5.60 Å². The lowest BCUT2D eigenvalue weighted by Gasteiger charge is -2.31. The van der Waals surface area contributed by atoms with Crippen LogP contribution in [0.2, 0.25) is 0 Å². The maximum Gasteiger partial charge on any atom is 0.138 e. The molecule has 0 spiro atoms. The van der Waals surface area contributed by atoms with Gasteiger partial charge in [0.25, 0.3) is 0 Å². The van der Waals surface area contributed by atoms with Crippen LogP contribution in [-0.2, 0) is 17.8 Å². The highest BCUT2D eigenvalue weighted by Gasteiger charge is 2.34. The summed E-state index contributed by atoms with van der Waals surface area (Å²) in [6.45, 7) is 11.9. The molecule has 6 heteroatoms. The Morgan fingerprint density at radius 1 is 1.19 bits per heavy atom. The second kappa shape index (κ2) is 10.0. The van der Waals surface area contributed by atoms with Crippen LogP contribution in [0.15, 0.2) is 12.3 Å². The molecule has 152 valence electrons. The number of anilines is 1. The first kappa shape index (κ1) is 21.6. The fourth-order valence-corrected chi connectivity index (χ4v) is 3.82. The number of rotatable bonds is 9. The number of hydrogen-bond acceptors (Lipinski definition) is 6. The smallest absolute Gasteiger partial charge is 0.138 e. The largest absolute Gasteiger partial charge is 0.496 e. The summed E-state index contributed by atoms with van der Waals surface area (Å²) in [4.78, 5) is 11.5. The van der Waals surface area contributed by atoms with Crippen molar-refractivity contribution in [1.82, 2.24) is 9.97 Å². The number of aryl methyl sites for hydroxylation is 1. The van der Waals surface area contributed by atoms with Gasteiger partial charge < -0.3 is 19.8 Å². The van der Waals surface area contributed by atoms with Gasteiger partial charge in [-0.25, -0.2) is 9.97 Å². The zero-order valence-electron chi connectivity index (χ0n) is 17.1. The summed E-state index contributed by atoms with van der Waals surface area (Å²) >= 11 is 0. The minimum atomic E-state index is -1.20. The van der Waals surface area contributed by atoms with Crippen LogP contribution >= 0.6 is 0 Å². The molecule has 2 N–H and O–H groups in total. The molecule has 1 atom stereocenters. The van der Waals surface area contributed by atoms with Crippen LogP contribution in [0.1, 0.15) is 69.5 Å². The van der Waals surface area contributed by atoms with Crippen molar-refractivity contribution in [2.45, 2.75) is 77.9 Å². The highest BCUT2D eigenvalue weighted by atomic mass is 16.5. The molecule has 2 rings (SSSR count). The van der Waals surface area contributed by atoms with E-state index in [4.69, 9.17) is 4.74 Å². The Balaban J connectivity index is 2.41. The number of hydrogen-bond donors (Lipinski definition) is 2. The van der Waals surface area contributed by atoms with Crippen molar-refractivity contribution in [3.8, 4) is 0 Å². The van der Waals surface area contributed by atoms with Crippen molar-refractivity contribution < 1.29 is 14.9 Å². The maximum atomic E-state index is 11.2. The summed E-state index contributed by atoms with van der Waals surface area (Å²) in [5.41, 5.74) is 0.188. The van der Waals surface area contributed by atoms with Crippen molar-refractivity contribution in [2.75, 3.05) is 24.6 Å². The Hall–Kier alpha value is -1.66. The zero-order chi connectivity index (χ0) is 19.9. The Morgan fingerprint density at radius 3 is 2.41 bits per heavy atom. The van der Waals surface area contributed by atoms with Gasteiger partial charge in [-0.05, 0) is 33.1 Å². The van der Waals surface area contributed by atoms with Crippen LogP contribution in [0.4, 0.5) is 5.82 Å². The predicted molar refractivity (Wildman–Crippen MR) is 108 cm³/mol. The number of aliphatic hydroxyl groups is 2. The molecule has 0 amide bonds. The van der Waals surface area contributed by atoms with E-state index in [-0.39, 0.29) is 13.0 Å². The monoisotopic (exact) mass is 377 g/mol. The average molecular weight is 378 g/mol. The molecule has 1 aromatic rings. The van der Waals surface area contributed by atoms with Crippen molar-refractivity contribution in [1.29, 1.82) is 0 Å². The van der Waals surface area contributed by atoms with Crippen molar-refractivity contribution in [3.05, 3.63) is 29.4 Å². The fourth-order valence-electron chi connectivity index (χ4n) is 3.82. The lowest BCUT2D eigenvalue weighted by Crippen LogP contribution is -2.36. The first-order valence-electron chi connectivity index (χ1n) is 10.2. The first-order chi connectivity index (χ1) is 12.9. The minimum Gasteiger partial charge on any atom is -0.496 e. The molecule has 0 aliphatic carbocycles. The summed E-state index contributed by atoms with van der Waals surface area (Å²) in [6.07, 6.45) is 6.30. The third-order valence-electron chi connectivity index (χ3n) is 5.21. The van der Waals surface area contributed by atoms with Gasteiger partial charge in [-0.3, -0.25) is 0 Å². The molecule has 27 heavy (non-hydrogen) atoms. The van der Waals surface area contributed by atoms with Gasteiger partial charge in [-0.2, -0.15) is 0 Å². The highest BCUT2D eigenvalue weighted by Crippen LogP contribution is 2.31. The zero-order valence-corrected chi connectivity index (χ0v) is 17.1. The van der Waals surface area contributed by atoms with Gasteiger partial charge >= 0.3 is 0 Å². The molecule has 0 aromatic carbocycles. The Morgan fingerprint density at radius 2 is 1.85 bits per heavy atom. The SMILES string of the molecule is C=C(OCC)C(O)(CCC)Cc1nc(C)nc(N2CCCCCC2)c1CO. The van der Waals surface area contributed by atoms with Gasteiger partial charge in [0.05, 0.1) is 18.9 Å². The second-order valence-corrected chi connectivity index (χ2v) is 7.39. The normalized spacial score (nSPS) is 17.3. The van der Waals surface area contributed by atoms with Gasteiger partial charge in [-0.15, -0.1) is 0 Å². The number of aliphatic hydroxyl groups excluding tert-OH is 1. The Kier molecular flexibility index (Phi) is 8.05. The quantitative estimate of drug-likeness (QED) is 0.643. The van der Waals surface area contributed by atoms with E-state index in [1.54, 1.807) is 0 Å². The van der Waals surface area contributed by atoms with Crippen LogP contribution in [-0.4, -0.2) is 45.5 Å². The summed E-state index contributed by atoms with van der Waals surface area (Å²) < 4.78 is 5.54. The van der Waals surface area contributed by atoms with Gasteiger partial charge in [0, 0.05) is 25.1 Å². The summed E-state index contributed by atoms with van der Waals surface area (Å²) in [5, 5.41) is 21.4. The first-order valence-corrected chi connectivity index (χ1v) is 10.2. The molecule has 0 bridgehead atoms. The highest BCUT2D eigenvalue weighted by molar-refractivity contribution is 5.50. The van der Waals surface area contributed by atoms with E-state index in [2.05, 4.69) is 21.4 Å². The van der Waals surface area contributed by atoms with E-state index in [0.717, 1.165) is 38.2 Å². The minimum absolute atomic E-state index is 0.148. The van der Waals surface area contributed by atoms with Crippen molar-refractivity contribution in [2.24, 2.45) is 0 Å². The van der Waals surface area contributed by atoms with Crippen LogP contribution < -0.4 is 4.90 Å². The van der Waals surface area contributed by atoms with Crippen molar-refractivity contribution >= 4 is 5.82 Å². The molecule has 1 aliphatic heterocycles. The van der Waals surface area contributed by atoms with Gasteiger partial charge in [0.1, 0.15) is 23.0 Å². The van der Waals surface area contributed by atoms with Crippen LogP contribution in [0.3, 0.4) is 0 Å². The number of aromatic nitrogens is 2. The number of ether oxygens (including phenoxy) is 1. The Labute approximate surface area is 163 Å². The van der Waals surface area contributed by atoms with Gasteiger partial charge in [0.2, 0.25) is 0 Å².